The van der Waals surface area contributed by atoms with Crippen LogP contribution in [0.1, 0.15) is 39.9 Å². The summed E-state index contributed by atoms with van der Waals surface area (Å²) < 4.78 is 0. The van der Waals surface area contributed by atoms with Gasteiger partial charge in [0, 0.05) is 5.69 Å². The van der Waals surface area contributed by atoms with Gasteiger partial charge in [0.05, 0.1) is 6.33 Å². The number of H-pyrrole nitrogens is 1. The van der Waals surface area contributed by atoms with Crippen molar-refractivity contribution in [2.45, 2.75) is 19.8 Å². The largest absolute Gasteiger partial charge is 0.477 e. The summed E-state index contributed by atoms with van der Waals surface area (Å²) in [6.45, 7) is 2.10. The van der Waals surface area contributed by atoms with Gasteiger partial charge in [-0.05, 0) is 24.1 Å². The summed E-state index contributed by atoms with van der Waals surface area (Å²) in [6, 6.07) is 7.44. The number of nitrogens with zero attached hydrogens (tertiary/aromatic N) is 1. The number of aromatic amines is 1. The van der Waals surface area contributed by atoms with Crippen molar-refractivity contribution in [2.75, 3.05) is 5.32 Å². The molecule has 6 heteroatoms. The van der Waals surface area contributed by atoms with E-state index in [0.29, 0.717) is 5.69 Å². The fraction of sp³-hybridized carbons (Fsp3) is 0.214. The number of aromatic nitrogens is 2. The van der Waals surface area contributed by atoms with E-state index >= 15 is 0 Å². The van der Waals surface area contributed by atoms with Gasteiger partial charge >= 0.3 is 5.97 Å². The molecule has 2 rings (SSSR count). The van der Waals surface area contributed by atoms with E-state index in [4.69, 9.17) is 5.11 Å². The molecule has 1 heterocycles. The molecular weight excluding hydrogens is 258 g/mol. The molecule has 0 unspecified atom stereocenters. The maximum atomic E-state index is 12.0. The van der Waals surface area contributed by atoms with E-state index in [0.717, 1.165) is 12.8 Å². The van der Waals surface area contributed by atoms with Gasteiger partial charge in [-0.25, -0.2) is 9.78 Å². The minimum atomic E-state index is -1.22. The maximum Gasteiger partial charge on any atom is 0.354 e. The number of carboxylic acids is 1. The van der Waals surface area contributed by atoms with Crippen molar-refractivity contribution in [1.82, 2.24) is 9.97 Å². The molecule has 0 aliphatic carbocycles. The summed E-state index contributed by atoms with van der Waals surface area (Å²) in [5.41, 5.74) is 1.45. The van der Waals surface area contributed by atoms with Gasteiger partial charge in [0.15, 0.2) is 11.4 Å². The Hall–Kier alpha value is -2.63. The topological polar surface area (TPSA) is 95.1 Å². The number of aromatic carboxylic acids is 1. The summed E-state index contributed by atoms with van der Waals surface area (Å²) in [4.78, 5) is 29.0. The first kappa shape index (κ1) is 13.8. The number of carboxylic acid groups (broad SMARTS) is 1. The molecule has 0 bridgehead atoms. The van der Waals surface area contributed by atoms with Crippen LogP contribution in [-0.4, -0.2) is 27.0 Å². The third-order valence-electron chi connectivity index (χ3n) is 2.82. The van der Waals surface area contributed by atoms with Crippen molar-refractivity contribution >= 4 is 17.6 Å². The molecule has 2 aromatic rings. The summed E-state index contributed by atoms with van der Waals surface area (Å²) in [7, 11) is 0. The number of anilines is 1. The van der Waals surface area contributed by atoms with Gasteiger partial charge in [0.25, 0.3) is 5.91 Å². The number of imidazole rings is 1. The number of carbonyl (C=O) groups excluding carboxylic acids is 1. The van der Waals surface area contributed by atoms with Crippen LogP contribution in [0.5, 0.6) is 0 Å². The van der Waals surface area contributed by atoms with Crippen LogP contribution in [0.3, 0.4) is 0 Å². The fourth-order valence-corrected chi connectivity index (χ4v) is 1.86. The highest BCUT2D eigenvalue weighted by Crippen LogP contribution is 2.13. The van der Waals surface area contributed by atoms with Crippen LogP contribution in [0, 0.1) is 0 Å². The first-order valence-corrected chi connectivity index (χ1v) is 6.28. The van der Waals surface area contributed by atoms with Crippen molar-refractivity contribution in [2.24, 2.45) is 0 Å². The third-order valence-corrected chi connectivity index (χ3v) is 2.82. The second-order valence-electron chi connectivity index (χ2n) is 4.33. The summed E-state index contributed by atoms with van der Waals surface area (Å²) >= 11 is 0. The van der Waals surface area contributed by atoms with Crippen molar-refractivity contribution in [3.05, 3.63) is 47.5 Å². The summed E-state index contributed by atoms with van der Waals surface area (Å²) in [6.07, 6.45) is 3.22. The average Bonchev–Trinajstić information content (AvgIpc) is 2.91. The van der Waals surface area contributed by atoms with Crippen LogP contribution in [0.15, 0.2) is 30.6 Å². The number of benzene rings is 1. The van der Waals surface area contributed by atoms with Gasteiger partial charge in [-0.1, -0.05) is 25.5 Å². The molecule has 0 spiro atoms. The van der Waals surface area contributed by atoms with Crippen LogP contribution >= 0.6 is 0 Å². The molecule has 20 heavy (non-hydrogen) atoms. The molecule has 0 saturated heterocycles. The Kier molecular flexibility index (Phi) is 4.14. The Balaban J connectivity index is 2.11. The lowest BCUT2D eigenvalue weighted by atomic mass is 10.1. The summed E-state index contributed by atoms with van der Waals surface area (Å²) in [5, 5.41) is 11.5. The Morgan fingerprint density at radius 1 is 1.30 bits per heavy atom. The molecule has 3 N–H and O–H groups in total. The monoisotopic (exact) mass is 273 g/mol. The highest BCUT2D eigenvalue weighted by atomic mass is 16.4. The van der Waals surface area contributed by atoms with E-state index in [1.807, 2.05) is 12.1 Å². The average molecular weight is 273 g/mol. The minimum absolute atomic E-state index is 0.130. The van der Waals surface area contributed by atoms with Crippen LogP contribution in [0.25, 0.3) is 0 Å². The first-order valence-electron chi connectivity index (χ1n) is 6.28. The van der Waals surface area contributed by atoms with Crippen molar-refractivity contribution in [3.8, 4) is 0 Å². The molecule has 6 nitrogen and oxygen atoms in total. The molecule has 0 saturated carbocycles. The van der Waals surface area contributed by atoms with Crippen LogP contribution in [0.2, 0.25) is 0 Å². The van der Waals surface area contributed by atoms with Crippen molar-refractivity contribution < 1.29 is 14.7 Å². The quantitative estimate of drug-likeness (QED) is 0.779. The lowest BCUT2D eigenvalue weighted by molar-refractivity contribution is 0.0686. The lowest BCUT2D eigenvalue weighted by Crippen LogP contribution is -2.16. The van der Waals surface area contributed by atoms with Crippen LogP contribution < -0.4 is 5.32 Å². The predicted octanol–water partition coefficient (Wildman–Crippen LogP) is 2.31. The van der Waals surface area contributed by atoms with Crippen molar-refractivity contribution in [3.63, 3.8) is 0 Å². The zero-order valence-corrected chi connectivity index (χ0v) is 11.0. The summed E-state index contributed by atoms with van der Waals surface area (Å²) in [5.74, 6) is -1.77. The number of aryl methyl sites for hydroxylation is 1. The molecule has 0 aliphatic heterocycles. The Bertz CT molecular complexity index is 617. The molecule has 1 aromatic heterocycles. The number of hydrogen-bond donors (Lipinski definition) is 3. The smallest absolute Gasteiger partial charge is 0.354 e. The van der Waals surface area contributed by atoms with Gasteiger partial charge in [-0.15, -0.1) is 0 Å². The van der Waals surface area contributed by atoms with E-state index in [1.54, 1.807) is 12.1 Å². The molecule has 1 amide bonds. The third kappa shape index (κ3) is 3.03. The molecule has 0 fully saturated rings. The zero-order chi connectivity index (χ0) is 14.5. The standard InChI is InChI=1S/C14H15N3O3/c1-2-3-9-4-6-10(7-5-9)17-13(18)11-12(14(19)20)16-8-15-11/h4-8H,2-3H2,1H3,(H,15,16)(H,17,18)(H,19,20). The van der Waals surface area contributed by atoms with E-state index in [2.05, 4.69) is 22.2 Å². The highest BCUT2D eigenvalue weighted by Gasteiger charge is 2.19. The number of amides is 1. The van der Waals surface area contributed by atoms with Gasteiger partial charge in [-0.3, -0.25) is 4.79 Å². The first-order chi connectivity index (χ1) is 9.61. The second kappa shape index (κ2) is 6.01. The van der Waals surface area contributed by atoms with E-state index < -0.39 is 11.9 Å². The van der Waals surface area contributed by atoms with E-state index in [9.17, 15) is 9.59 Å². The molecule has 1 aromatic carbocycles. The molecule has 104 valence electrons. The molecular formula is C14H15N3O3. The minimum Gasteiger partial charge on any atom is -0.477 e. The normalized spacial score (nSPS) is 10.2. The predicted molar refractivity (Wildman–Crippen MR) is 73.9 cm³/mol. The van der Waals surface area contributed by atoms with Gasteiger partial charge in [0.2, 0.25) is 0 Å². The lowest BCUT2D eigenvalue weighted by Gasteiger charge is -2.05. The SMILES string of the molecule is CCCc1ccc(NC(=O)c2nc[nH]c2C(=O)O)cc1. The number of carbonyl (C=O) groups is 2. The molecule has 0 radical (unpaired) electrons. The van der Waals surface area contributed by atoms with Crippen LogP contribution in [-0.2, 0) is 6.42 Å². The van der Waals surface area contributed by atoms with Gasteiger partial charge in [0.1, 0.15) is 0 Å². The van der Waals surface area contributed by atoms with E-state index in [-0.39, 0.29) is 11.4 Å². The number of hydrogen-bond acceptors (Lipinski definition) is 3. The Labute approximate surface area is 115 Å². The maximum absolute atomic E-state index is 12.0. The van der Waals surface area contributed by atoms with Gasteiger partial charge in [-0.2, -0.15) is 0 Å². The Morgan fingerprint density at radius 2 is 2.00 bits per heavy atom. The molecule has 0 aliphatic rings. The number of rotatable bonds is 5. The number of nitrogens with one attached hydrogen (secondary N) is 2. The Morgan fingerprint density at radius 3 is 2.60 bits per heavy atom. The second-order valence-corrected chi connectivity index (χ2v) is 4.33. The molecule has 0 atom stereocenters. The fourth-order valence-electron chi connectivity index (χ4n) is 1.86. The van der Waals surface area contributed by atoms with Crippen LogP contribution in [0.4, 0.5) is 5.69 Å². The van der Waals surface area contributed by atoms with Crippen molar-refractivity contribution in [1.29, 1.82) is 0 Å². The van der Waals surface area contributed by atoms with E-state index in [1.165, 1.54) is 11.9 Å². The zero-order valence-electron chi connectivity index (χ0n) is 11.0. The highest BCUT2D eigenvalue weighted by molar-refractivity contribution is 6.08. The van der Waals surface area contributed by atoms with Gasteiger partial charge < -0.3 is 15.4 Å².